The van der Waals surface area contributed by atoms with Crippen LogP contribution in [-0.4, -0.2) is 48.2 Å². The third-order valence-corrected chi connectivity index (χ3v) is 6.38. The molecule has 29 heavy (non-hydrogen) atoms. The average Bonchev–Trinajstić information content (AvgIpc) is 2.61. The number of aryl methyl sites for hydroxylation is 1. The van der Waals surface area contributed by atoms with Crippen LogP contribution in [0.15, 0.2) is 24.3 Å². The SMILES string of the molecule is CCOC(=O)C1(CCOC(=O)Cc2ccc(C)cc2)CC(C)(C)N(C)C(C)(C)C1. The predicted octanol–water partition coefficient (Wildman–Crippen LogP) is 4.30. The van der Waals surface area contributed by atoms with Crippen molar-refractivity contribution in [1.82, 2.24) is 4.90 Å². The minimum atomic E-state index is -0.653. The van der Waals surface area contributed by atoms with Gasteiger partial charge in [0.2, 0.25) is 0 Å². The molecule has 5 heteroatoms. The number of piperidine rings is 1. The average molecular weight is 404 g/mol. The number of ether oxygens (including phenoxy) is 2. The van der Waals surface area contributed by atoms with Gasteiger partial charge in [0.1, 0.15) is 0 Å². The summed E-state index contributed by atoms with van der Waals surface area (Å²) < 4.78 is 11.0. The second-order valence-electron chi connectivity index (χ2n) is 9.67. The summed E-state index contributed by atoms with van der Waals surface area (Å²) in [5.74, 6) is -0.442. The van der Waals surface area contributed by atoms with E-state index in [4.69, 9.17) is 9.47 Å². The molecule has 0 aliphatic carbocycles. The number of nitrogens with zero attached hydrogens (tertiary/aromatic N) is 1. The van der Waals surface area contributed by atoms with Crippen molar-refractivity contribution in [2.75, 3.05) is 20.3 Å². The molecule has 0 spiro atoms. The maximum atomic E-state index is 13.0. The first-order valence-corrected chi connectivity index (χ1v) is 10.5. The first kappa shape index (κ1) is 23.4. The number of rotatable bonds is 7. The maximum absolute atomic E-state index is 13.0. The van der Waals surface area contributed by atoms with E-state index in [1.807, 2.05) is 38.1 Å². The van der Waals surface area contributed by atoms with E-state index in [1.165, 1.54) is 0 Å². The van der Waals surface area contributed by atoms with Crippen LogP contribution in [0.2, 0.25) is 0 Å². The van der Waals surface area contributed by atoms with Crippen molar-refractivity contribution in [3.05, 3.63) is 35.4 Å². The lowest BCUT2D eigenvalue weighted by atomic mass is 9.63. The molecule has 0 radical (unpaired) electrons. The Morgan fingerprint density at radius 3 is 2.07 bits per heavy atom. The molecule has 0 atom stereocenters. The van der Waals surface area contributed by atoms with Crippen LogP contribution in [0.4, 0.5) is 0 Å². The molecule has 162 valence electrons. The van der Waals surface area contributed by atoms with E-state index in [0.29, 0.717) is 25.9 Å². The summed E-state index contributed by atoms with van der Waals surface area (Å²) in [5.41, 5.74) is 1.11. The fourth-order valence-corrected chi connectivity index (χ4v) is 4.77. The molecule has 0 N–H and O–H groups in total. The second-order valence-corrected chi connectivity index (χ2v) is 9.67. The standard InChI is InChI=1S/C24H37NO4/c1-8-28-21(27)24(16-22(3,4)25(7)23(5,6)17-24)13-14-29-20(26)15-19-11-9-18(2)10-12-19/h9-12H,8,13-17H2,1-7H3. The van der Waals surface area contributed by atoms with Crippen molar-refractivity contribution in [3.8, 4) is 0 Å². The molecule has 0 saturated carbocycles. The van der Waals surface area contributed by atoms with Gasteiger partial charge in [-0.15, -0.1) is 0 Å². The molecular formula is C24H37NO4. The van der Waals surface area contributed by atoms with Gasteiger partial charge in [-0.1, -0.05) is 29.8 Å². The van der Waals surface area contributed by atoms with Crippen molar-refractivity contribution in [2.45, 2.75) is 78.3 Å². The molecular weight excluding hydrogens is 366 g/mol. The number of hydrogen-bond acceptors (Lipinski definition) is 5. The lowest BCUT2D eigenvalue weighted by Crippen LogP contribution is -2.63. The largest absolute Gasteiger partial charge is 0.466 e. The first-order chi connectivity index (χ1) is 13.4. The Hall–Kier alpha value is -1.88. The van der Waals surface area contributed by atoms with Crippen LogP contribution in [0.25, 0.3) is 0 Å². The molecule has 1 aliphatic rings. The van der Waals surface area contributed by atoms with Gasteiger partial charge >= 0.3 is 11.9 Å². The molecule has 0 bridgehead atoms. The molecule has 1 aromatic rings. The van der Waals surface area contributed by atoms with Gasteiger partial charge in [-0.3, -0.25) is 14.5 Å². The third-order valence-electron chi connectivity index (χ3n) is 6.38. The highest BCUT2D eigenvalue weighted by Gasteiger charge is 2.55. The summed E-state index contributed by atoms with van der Waals surface area (Å²) in [6.07, 6.45) is 2.07. The van der Waals surface area contributed by atoms with Gasteiger partial charge in [-0.2, -0.15) is 0 Å². The fourth-order valence-electron chi connectivity index (χ4n) is 4.77. The Labute approximate surface area is 175 Å². The molecule has 0 aromatic heterocycles. The molecule has 1 saturated heterocycles. The van der Waals surface area contributed by atoms with Crippen LogP contribution < -0.4 is 0 Å². The zero-order valence-corrected chi connectivity index (χ0v) is 19.1. The lowest BCUT2D eigenvalue weighted by molar-refractivity contribution is -0.172. The van der Waals surface area contributed by atoms with Crippen LogP contribution in [0.1, 0.15) is 65.0 Å². The molecule has 0 amide bonds. The molecule has 1 aliphatic heterocycles. The van der Waals surface area contributed by atoms with Gasteiger partial charge in [-0.05, 0) is 73.4 Å². The highest BCUT2D eigenvalue weighted by Crippen LogP contribution is 2.50. The molecule has 1 fully saturated rings. The van der Waals surface area contributed by atoms with Crippen LogP contribution in [-0.2, 0) is 25.5 Å². The van der Waals surface area contributed by atoms with Gasteiger partial charge in [-0.25, -0.2) is 0 Å². The number of hydrogen-bond donors (Lipinski definition) is 0. The highest BCUT2D eigenvalue weighted by molar-refractivity contribution is 5.77. The van der Waals surface area contributed by atoms with Crippen LogP contribution in [0.3, 0.4) is 0 Å². The van der Waals surface area contributed by atoms with Crippen molar-refractivity contribution in [1.29, 1.82) is 0 Å². The Morgan fingerprint density at radius 1 is 1.00 bits per heavy atom. The van der Waals surface area contributed by atoms with Crippen LogP contribution in [0, 0.1) is 12.3 Å². The van der Waals surface area contributed by atoms with Gasteiger partial charge in [0.25, 0.3) is 0 Å². The topological polar surface area (TPSA) is 55.8 Å². The molecule has 5 nitrogen and oxygen atoms in total. The summed E-state index contributed by atoms with van der Waals surface area (Å²) in [6, 6.07) is 7.86. The molecule has 0 unspecified atom stereocenters. The number of likely N-dealkylation sites (tertiary alicyclic amines) is 1. The minimum absolute atomic E-state index is 0.166. The first-order valence-electron chi connectivity index (χ1n) is 10.5. The van der Waals surface area contributed by atoms with E-state index < -0.39 is 5.41 Å². The van der Waals surface area contributed by atoms with E-state index in [-0.39, 0.29) is 36.0 Å². The van der Waals surface area contributed by atoms with Crippen molar-refractivity contribution in [2.24, 2.45) is 5.41 Å². The van der Waals surface area contributed by atoms with Crippen molar-refractivity contribution < 1.29 is 19.1 Å². The van der Waals surface area contributed by atoms with E-state index in [0.717, 1.165) is 11.1 Å². The lowest BCUT2D eigenvalue weighted by Gasteiger charge is -2.57. The summed E-state index contributed by atoms with van der Waals surface area (Å²) in [6.45, 7) is 13.1. The van der Waals surface area contributed by atoms with Gasteiger partial charge in [0, 0.05) is 11.1 Å². The normalized spacial score (nSPS) is 20.1. The quantitative estimate of drug-likeness (QED) is 0.635. The number of carbonyl (C=O) groups excluding carboxylic acids is 2. The molecule has 1 aromatic carbocycles. The predicted molar refractivity (Wildman–Crippen MR) is 115 cm³/mol. The maximum Gasteiger partial charge on any atom is 0.312 e. The minimum Gasteiger partial charge on any atom is -0.466 e. The Morgan fingerprint density at radius 2 is 1.55 bits per heavy atom. The van der Waals surface area contributed by atoms with Crippen molar-refractivity contribution >= 4 is 11.9 Å². The summed E-state index contributed by atoms with van der Waals surface area (Å²) in [4.78, 5) is 27.7. The number of carbonyl (C=O) groups is 2. The van der Waals surface area contributed by atoms with Crippen molar-refractivity contribution in [3.63, 3.8) is 0 Å². The summed E-state index contributed by atoms with van der Waals surface area (Å²) >= 11 is 0. The Balaban J connectivity index is 2.08. The van der Waals surface area contributed by atoms with Gasteiger partial charge in [0.05, 0.1) is 25.0 Å². The third kappa shape index (κ3) is 5.59. The molecule has 1 heterocycles. The zero-order chi connectivity index (χ0) is 21.9. The Bertz CT molecular complexity index is 703. The van der Waals surface area contributed by atoms with E-state index in [9.17, 15) is 9.59 Å². The van der Waals surface area contributed by atoms with Crippen LogP contribution >= 0.6 is 0 Å². The highest BCUT2D eigenvalue weighted by atomic mass is 16.5. The van der Waals surface area contributed by atoms with E-state index in [1.54, 1.807) is 0 Å². The smallest absolute Gasteiger partial charge is 0.312 e. The second kappa shape index (κ2) is 8.86. The monoisotopic (exact) mass is 403 g/mol. The van der Waals surface area contributed by atoms with E-state index in [2.05, 4.69) is 39.6 Å². The van der Waals surface area contributed by atoms with Gasteiger partial charge in [0.15, 0.2) is 0 Å². The number of esters is 2. The fraction of sp³-hybridized carbons (Fsp3) is 0.667. The van der Waals surface area contributed by atoms with Gasteiger partial charge < -0.3 is 9.47 Å². The molecule has 2 rings (SSSR count). The van der Waals surface area contributed by atoms with Crippen LogP contribution in [0.5, 0.6) is 0 Å². The summed E-state index contributed by atoms with van der Waals surface area (Å²) in [7, 11) is 2.11. The Kier molecular flexibility index (Phi) is 7.15. The summed E-state index contributed by atoms with van der Waals surface area (Å²) in [5, 5.41) is 0. The number of benzene rings is 1. The zero-order valence-electron chi connectivity index (χ0n) is 19.1. The van der Waals surface area contributed by atoms with E-state index >= 15 is 0 Å².